The lowest BCUT2D eigenvalue weighted by atomic mass is 9.99. The zero-order chi connectivity index (χ0) is 7.33. The van der Waals surface area contributed by atoms with Crippen LogP contribution >= 0.6 is 11.8 Å². The number of ether oxygens (including phenoxy) is 1. The van der Waals surface area contributed by atoms with Crippen molar-refractivity contribution in [1.82, 2.24) is 0 Å². The lowest BCUT2D eigenvalue weighted by Crippen LogP contribution is -2.14. The highest BCUT2D eigenvalue weighted by atomic mass is 32.2. The number of thioether (sulfide) groups is 1. The molecule has 0 spiro atoms. The minimum atomic E-state index is 0.315. The molecule has 0 aliphatic heterocycles. The van der Waals surface area contributed by atoms with Crippen LogP contribution in [0.3, 0.4) is 0 Å². The van der Waals surface area contributed by atoms with Crippen LogP contribution in [0.4, 0.5) is 0 Å². The molecule has 0 aliphatic rings. The lowest BCUT2D eigenvalue weighted by Gasteiger charge is -2.17. The smallest absolute Gasteiger partial charge is 0.0918 e. The van der Waals surface area contributed by atoms with E-state index in [4.69, 9.17) is 4.74 Å². The molecule has 0 rings (SSSR count). The van der Waals surface area contributed by atoms with Crippen LogP contribution in [0.1, 0.15) is 20.8 Å². The molecular formula is C7H16OS. The second kappa shape index (κ2) is 4.18. The van der Waals surface area contributed by atoms with Crippen molar-refractivity contribution in [3.05, 3.63) is 0 Å². The van der Waals surface area contributed by atoms with Crippen molar-refractivity contribution in [3.8, 4) is 0 Å². The van der Waals surface area contributed by atoms with Crippen molar-refractivity contribution in [2.75, 3.05) is 18.8 Å². The van der Waals surface area contributed by atoms with Crippen LogP contribution in [0.15, 0.2) is 0 Å². The fraction of sp³-hybridized carbons (Fsp3) is 1.00. The summed E-state index contributed by atoms with van der Waals surface area (Å²) in [5.41, 5.74) is 0.315. The molecule has 0 aromatic heterocycles. The number of hydrogen-bond donors (Lipinski definition) is 0. The van der Waals surface area contributed by atoms with E-state index in [1.54, 1.807) is 11.8 Å². The van der Waals surface area contributed by atoms with E-state index in [1.807, 2.05) is 6.26 Å². The molecule has 56 valence electrons. The standard InChI is InChI=1S/C7H16OS/c1-7(2,3)5-8-6-9-4/h5-6H2,1-4H3. The Kier molecular flexibility index (Phi) is 4.32. The van der Waals surface area contributed by atoms with Crippen molar-refractivity contribution in [1.29, 1.82) is 0 Å². The molecule has 0 saturated carbocycles. The van der Waals surface area contributed by atoms with Crippen LogP contribution in [0.25, 0.3) is 0 Å². The second-order valence-electron chi connectivity index (χ2n) is 3.32. The molecule has 9 heavy (non-hydrogen) atoms. The SMILES string of the molecule is CSCOCC(C)(C)C. The fourth-order valence-electron chi connectivity index (χ4n) is 0.431. The van der Waals surface area contributed by atoms with E-state index in [9.17, 15) is 0 Å². The average Bonchev–Trinajstić information content (AvgIpc) is 1.63. The Balaban J connectivity index is 3.07. The molecule has 0 bridgehead atoms. The highest BCUT2D eigenvalue weighted by molar-refractivity contribution is 7.98. The van der Waals surface area contributed by atoms with E-state index in [-0.39, 0.29) is 0 Å². The van der Waals surface area contributed by atoms with Gasteiger partial charge in [0.2, 0.25) is 0 Å². The van der Waals surface area contributed by atoms with Crippen LogP contribution in [0.2, 0.25) is 0 Å². The van der Waals surface area contributed by atoms with Gasteiger partial charge in [-0.3, -0.25) is 0 Å². The predicted molar refractivity (Wildman–Crippen MR) is 43.8 cm³/mol. The molecule has 0 aliphatic carbocycles. The Morgan fingerprint density at radius 2 is 1.89 bits per heavy atom. The van der Waals surface area contributed by atoms with Crippen molar-refractivity contribution >= 4 is 11.8 Å². The summed E-state index contributed by atoms with van der Waals surface area (Å²) in [5, 5.41) is 0. The van der Waals surface area contributed by atoms with Gasteiger partial charge >= 0.3 is 0 Å². The van der Waals surface area contributed by atoms with Gasteiger partial charge in [0, 0.05) is 0 Å². The van der Waals surface area contributed by atoms with Gasteiger partial charge in [-0.1, -0.05) is 20.8 Å². The highest BCUT2D eigenvalue weighted by Crippen LogP contribution is 2.13. The van der Waals surface area contributed by atoms with Crippen LogP contribution < -0.4 is 0 Å². The maximum absolute atomic E-state index is 5.31. The number of hydrogen-bond acceptors (Lipinski definition) is 2. The molecule has 0 fully saturated rings. The zero-order valence-electron chi connectivity index (χ0n) is 6.73. The first kappa shape index (κ1) is 9.31. The molecule has 0 heterocycles. The fourth-order valence-corrected chi connectivity index (χ4v) is 0.681. The first-order valence-electron chi connectivity index (χ1n) is 3.13. The third kappa shape index (κ3) is 8.31. The normalized spacial score (nSPS) is 12.0. The molecule has 0 N–H and O–H groups in total. The molecule has 0 saturated heterocycles. The summed E-state index contributed by atoms with van der Waals surface area (Å²) in [6.45, 7) is 7.38. The van der Waals surface area contributed by atoms with Gasteiger partial charge < -0.3 is 4.74 Å². The third-order valence-corrected chi connectivity index (χ3v) is 1.14. The Hall–Kier alpha value is 0.310. The molecule has 0 amide bonds. The Labute approximate surface area is 62.2 Å². The van der Waals surface area contributed by atoms with E-state index in [2.05, 4.69) is 20.8 Å². The van der Waals surface area contributed by atoms with Crippen molar-refractivity contribution in [2.45, 2.75) is 20.8 Å². The maximum atomic E-state index is 5.31. The Bertz CT molecular complexity index is 65.8. The van der Waals surface area contributed by atoms with Crippen LogP contribution in [-0.4, -0.2) is 18.8 Å². The van der Waals surface area contributed by atoms with E-state index >= 15 is 0 Å². The minimum absolute atomic E-state index is 0.315. The summed E-state index contributed by atoms with van der Waals surface area (Å²) in [4.78, 5) is 0. The van der Waals surface area contributed by atoms with Crippen molar-refractivity contribution in [2.24, 2.45) is 5.41 Å². The summed E-state index contributed by atoms with van der Waals surface area (Å²) in [7, 11) is 0. The molecule has 0 aromatic carbocycles. The van der Waals surface area contributed by atoms with E-state index in [0.29, 0.717) is 5.41 Å². The average molecular weight is 148 g/mol. The zero-order valence-corrected chi connectivity index (χ0v) is 7.55. The maximum Gasteiger partial charge on any atom is 0.0918 e. The lowest BCUT2D eigenvalue weighted by molar-refractivity contribution is 0.106. The summed E-state index contributed by atoms with van der Waals surface area (Å²) < 4.78 is 5.31. The molecule has 1 nitrogen and oxygen atoms in total. The second-order valence-corrected chi connectivity index (χ2v) is 4.13. The van der Waals surface area contributed by atoms with Crippen molar-refractivity contribution in [3.63, 3.8) is 0 Å². The molecule has 0 aromatic rings. The topological polar surface area (TPSA) is 9.23 Å². The minimum Gasteiger partial charge on any atom is -0.370 e. The highest BCUT2D eigenvalue weighted by Gasteiger charge is 2.08. The quantitative estimate of drug-likeness (QED) is 0.449. The van der Waals surface area contributed by atoms with E-state index < -0.39 is 0 Å². The van der Waals surface area contributed by atoms with Crippen molar-refractivity contribution < 1.29 is 4.74 Å². The summed E-state index contributed by atoms with van der Waals surface area (Å²) >= 11 is 1.72. The van der Waals surface area contributed by atoms with Gasteiger partial charge in [-0.2, -0.15) is 0 Å². The van der Waals surface area contributed by atoms with E-state index in [1.165, 1.54) is 0 Å². The Morgan fingerprint density at radius 3 is 2.22 bits per heavy atom. The largest absolute Gasteiger partial charge is 0.370 e. The third-order valence-electron chi connectivity index (χ3n) is 0.736. The molecule has 0 unspecified atom stereocenters. The van der Waals surface area contributed by atoms with Crippen LogP contribution in [0.5, 0.6) is 0 Å². The Morgan fingerprint density at radius 1 is 1.33 bits per heavy atom. The monoisotopic (exact) mass is 148 g/mol. The van der Waals surface area contributed by atoms with E-state index in [0.717, 1.165) is 12.5 Å². The van der Waals surface area contributed by atoms with Gasteiger partial charge in [-0.25, -0.2) is 0 Å². The van der Waals surface area contributed by atoms with Gasteiger partial charge in [0.05, 0.1) is 12.5 Å². The van der Waals surface area contributed by atoms with Gasteiger partial charge in [-0.15, -0.1) is 11.8 Å². The van der Waals surface area contributed by atoms with Crippen LogP contribution in [0, 0.1) is 5.41 Å². The first-order valence-corrected chi connectivity index (χ1v) is 4.52. The summed E-state index contributed by atoms with van der Waals surface area (Å²) in [5.74, 6) is 0.817. The summed E-state index contributed by atoms with van der Waals surface area (Å²) in [6.07, 6.45) is 2.04. The van der Waals surface area contributed by atoms with Gasteiger partial charge in [0.1, 0.15) is 0 Å². The molecular weight excluding hydrogens is 132 g/mol. The number of rotatable bonds is 3. The van der Waals surface area contributed by atoms with Gasteiger partial charge in [-0.05, 0) is 11.7 Å². The molecule has 0 atom stereocenters. The van der Waals surface area contributed by atoms with Gasteiger partial charge in [0.25, 0.3) is 0 Å². The predicted octanol–water partition coefficient (Wildman–Crippen LogP) is 2.37. The summed E-state index contributed by atoms with van der Waals surface area (Å²) in [6, 6.07) is 0. The molecule has 0 radical (unpaired) electrons. The van der Waals surface area contributed by atoms with Crippen LogP contribution in [-0.2, 0) is 4.74 Å². The van der Waals surface area contributed by atoms with Gasteiger partial charge in [0.15, 0.2) is 0 Å². The first-order chi connectivity index (χ1) is 4.06. The molecule has 2 heteroatoms.